The minimum Gasteiger partial charge on any atom is -0.332 e. The number of fused-ring (bicyclic) bond motifs is 2. The van der Waals surface area contributed by atoms with Crippen LogP contribution >= 0.6 is 0 Å². The fourth-order valence-corrected chi connectivity index (χ4v) is 3.91. The summed E-state index contributed by atoms with van der Waals surface area (Å²) in [6, 6.07) is 9.02. The first kappa shape index (κ1) is 12.7. The first-order valence-corrected chi connectivity index (χ1v) is 7.50. The summed E-state index contributed by atoms with van der Waals surface area (Å²) < 4.78 is 0. The maximum absolute atomic E-state index is 12.9. The van der Waals surface area contributed by atoms with E-state index in [1.807, 2.05) is 12.1 Å². The molecule has 1 unspecified atom stereocenters. The second-order valence-electron chi connectivity index (χ2n) is 6.51. The standard InChI is InChI=1S/C17H23NO/c1-11(2)15-8-9-16-12(3)10-13-6-4-5-7-14(13)17(19)18(15)16/h4-7,11-12,15-16H,8-10H2,1-3H3/t12?,15-,16+/m1/s1. The average Bonchev–Trinajstić information content (AvgIpc) is 2.79. The Balaban J connectivity index is 2.05. The van der Waals surface area contributed by atoms with Gasteiger partial charge in [-0.05, 0) is 42.7 Å². The predicted molar refractivity (Wildman–Crippen MR) is 77.1 cm³/mol. The van der Waals surface area contributed by atoms with Crippen LogP contribution in [0.2, 0.25) is 0 Å². The molecular formula is C17H23NO. The average molecular weight is 257 g/mol. The second kappa shape index (κ2) is 4.66. The van der Waals surface area contributed by atoms with Crippen LogP contribution in [0.25, 0.3) is 0 Å². The van der Waals surface area contributed by atoms with Crippen molar-refractivity contribution in [3.05, 3.63) is 35.4 Å². The maximum Gasteiger partial charge on any atom is 0.254 e. The summed E-state index contributed by atoms with van der Waals surface area (Å²) in [5.74, 6) is 1.38. The normalized spacial score (nSPS) is 30.2. The van der Waals surface area contributed by atoms with Crippen molar-refractivity contribution < 1.29 is 4.79 Å². The van der Waals surface area contributed by atoms with E-state index in [0.29, 0.717) is 23.9 Å². The van der Waals surface area contributed by atoms with Crippen LogP contribution in [0.15, 0.2) is 24.3 Å². The highest BCUT2D eigenvalue weighted by Crippen LogP contribution is 2.38. The van der Waals surface area contributed by atoms with Gasteiger partial charge < -0.3 is 4.90 Å². The Morgan fingerprint density at radius 2 is 1.95 bits per heavy atom. The third kappa shape index (κ3) is 1.98. The van der Waals surface area contributed by atoms with Gasteiger partial charge in [-0.3, -0.25) is 4.79 Å². The van der Waals surface area contributed by atoms with E-state index < -0.39 is 0 Å². The first-order chi connectivity index (χ1) is 9.09. The minimum atomic E-state index is 0.265. The summed E-state index contributed by atoms with van der Waals surface area (Å²) in [6.07, 6.45) is 3.37. The molecule has 1 saturated heterocycles. The van der Waals surface area contributed by atoms with Crippen molar-refractivity contribution in [2.75, 3.05) is 0 Å². The van der Waals surface area contributed by atoms with Gasteiger partial charge in [0.1, 0.15) is 0 Å². The van der Waals surface area contributed by atoms with Crippen LogP contribution in [0.5, 0.6) is 0 Å². The Morgan fingerprint density at radius 3 is 2.68 bits per heavy atom. The maximum atomic E-state index is 12.9. The molecule has 0 N–H and O–H groups in total. The molecule has 3 atom stereocenters. The highest BCUT2D eigenvalue weighted by molar-refractivity contribution is 5.96. The Labute approximate surface area is 115 Å². The van der Waals surface area contributed by atoms with Crippen molar-refractivity contribution in [3.8, 4) is 0 Å². The molecule has 0 bridgehead atoms. The fourth-order valence-electron chi connectivity index (χ4n) is 3.91. The summed E-state index contributed by atoms with van der Waals surface area (Å²) in [5.41, 5.74) is 2.17. The molecule has 0 aromatic heterocycles. The number of amides is 1. The molecule has 3 rings (SSSR count). The van der Waals surface area contributed by atoms with Gasteiger partial charge >= 0.3 is 0 Å². The summed E-state index contributed by atoms with van der Waals surface area (Å²) in [4.78, 5) is 15.1. The lowest BCUT2D eigenvalue weighted by Crippen LogP contribution is -2.44. The van der Waals surface area contributed by atoms with Crippen molar-refractivity contribution in [1.82, 2.24) is 4.90 Å². The van der Waals surface area contributed by atoms with E-state index in [0.717, 1.165) is 12.0 Å². The molecule has 102 valence electrons. The molecule has 0 aliphatic carbocycles. The van der Waals surface area contributed by atoms with Crippen LogP contribution in [0.3, 0.4) is 0 Å². The van der Waals surface area contributed by atoms with Crippen LogP contribution in [0.4, 0.5) is 0 Å². The zero-order chi connectivity index (χ0) is 13.6. The summed E-state index contributed by atoms with van der Waals surface area (Å²) in [5, 5.41) is 0. The topological polar surface area (TPSA) is 20.3 Å². The quantitative estimate of drug-likeness (QED) is 0.754. The molecule has 1 fully saturated rings. The summed E-state index contributed by atoms with van der Waals surface area (Å²) in [7, 11) is 0. The lowest BCUT2D eigenvalue weighted by atomic mass is 9.92. The molecule has 0 spiro atoms. The van der Waals surface area contributed by atoms with Crippen LogP contribution in [-0.2, 0) is 6.42 Å². The van der Waals surface area contributed by atoms with E-state index in [1.54, 1.807) is 0 Å². The van der Waals surface area contributed by atoms with Crippen molar-refractivity contribution in [3.63, 3.8) is 0 Å². The Morgan fingerprint density at radius 1 is 1.21 bits per heavy atom. The Hall–Kier alpha value is -1.31. The highest BCUT2D eigenvalue weighted by atomic mass is 16.2. The van der Waals surface area contributed by atoms with E-state index in [-0.39, 0.29) is 5.91 Å². The van der Waals surface area contributed by atoms with E-state index in [1.165, 1.54) is 18.4 Å². The number of carbonyl (C=O) groups is 1. The van der Waals surface area contributed by atoms with E-state index in [2.05, 4.69) is 37.8 Å². The van der Waals surface area contributed by atoms with Gasteiger partial charge in [0.15, 0.2) is 0 Å². The summed E-state index contributed by atoms with van der Waals surface area (Å²) in [6.45, 7) is 6.78. The van der Waals surface area contributed by atoms with Gasteiger partial charge in [-0.1, -0.05) is 39.0 Å². The molecule has 2 heteroatoms. The lowest BCUT2D eigenvalue weighted by Gasteiger charge is -2.33. The van der Waals surface area contributed by atoms with Gasteiger partial charge in [0, 0.05) is 17.6 Å². The molecule has 2 aliphatic rings. The van der Waals surface area contributed by atoms with Crippen molar-refractivity contribution >= 4 is 5.91 Å². The minimum absolute atomic E-state index is 0.265. The Kier molecular flexibility index (Phi) is 3.12. The number of rotatable bonds is 1. The van der Waals surface area contributed by atoms with Crippen molar-refractivity contribution in [2.45, 2.75) is 52.1 Å². The van der Waals surface area contributed by atoms with E-state index in [4.69, 9.17) is 0 Å². The number of hydrogen-bond acceptors (Lipinski definition) is 1. The first-order valence-electron chi connectivity index (χ1n) is 7.50. The van der Waals surface area contributed by atoms with E-state index >= 15 is 0 Å². The molecule has 1 aromatic rings. The fraction of sp³-hybridized carbons (Fsp3) is 0.588. The number of carbonyl (C=O) groups excluding carboxylic acids is 1. The number of nitrogens with zero attached hydrogens (tertiary/aromatic N) is 1. The van der Waals surface area contributed by atoms with Gasteiger partial charge in [-0.15, -0.1) is 0 Å². The molecule has 2 nitrogen and oxygen atoms in total. The highest BCUT2D eigenvalue weighted by Gasteiger charge is 2.43. The smallest absolute Gasteiger partial charge is 0.254 e. The van der Waals surface area contributed by atoms with Crippen LogP contribution in [0, 0.1) is 11.8 Å². The molecule has 1 aromatic carbocycles. The van der Waals surface area contributed by atoms with Crippen LogP contribution in [-0.4, -0.2) is 22.9 Å². The molecule has 19 heavy (non-hydrogen) atoms. The lowest BCUT2D eigenvalue weighted by molar-refractivity contribution is 0.0585. The van der Waals surface area contributed by atoms with Gasteiger partial charge in [0.25, 0.3) is 5.91 Å². The number of benzene rings is 1. The van der Waals surface area contributed by atoms with E-state index in [9.17, 15) is 4.79 Å². The second-order valence-corrected chi connectivity index (χ2v) is 6.51. The van der Waals surface area contributed by atoms with Crippen LogP contribution in [0.1, 0.15) is 49.5 Å². The molecule has 0 radical (unpaired) electrons. The largest absolute Gasteiger partial charge is 0.332 e. The van der Waals surface area contributed by atoms with Crippen molar-refractivity contribution in [2.24, 2.45) is 11.8 Å². The third-order valence-electron chi connectivity index (χ3n) is 4.92. The van der Waals surface area contributed by atoms with Gasteiger partial charge in [-0.25, -0.2) is 0 Å². The zero-order valence-corrected chi connectivity index (χ0v) is 12.1. The van der Waals surface area contributed by atoms with Crippen molar-refractivity contribution in [1.29, 1.82) is 0 Å². The SMILES string of the molecule is CC(C)[C@H]1CC[C@H]2C(C)Cc3ccccc3C(=O)N12. The van der Waals surface area contributed by atoms with Gasteiger partial charge in [0.05, 0.1) is 0 Å². The van der Waals surface area contributed by atoms with Gasteiger partial charge in [-0.2, -0.15) is 0 Å². The third-order valence-corrected chi connectivity index (χ3v) is 4.92. The summed E-state index contributed by atoms with van der Waals surface area (Å²) >= 11 is 0. The molecule has 0 saturated carbocycles. The van der Waals surface area contributed by atoms with Crippen LogP contribution < -0.4 is 0 Å². The zero-order valence-electron chi connectivity index (χ0n) is 12.1. The predicted octanol–water partition coefficient (Wildman–Crippen LogP) is 3.51. The number of hydrogen-bond donors (Lipinski definition) is 0. The Bertz CT molecular complexity index is 494. The molecule has 2 aliphatic heterocycles. The molecular weight excluding hydrogens is 234 g/mol. The van der Waals surface area contributed by atoms with Gasteiger partial charge in [0.2, 0.25) is 0 Å². The molecule has 1 amide bonds. The monoisotopic (exact) mass is 257 g/mol. The molecule has 2 heterocycles.